The zero-order chi connectivity index (χ0) is 28.2. The van der Waals surface area contributed by atoms with Crippen LogP contribution >= 0.6 is 8.58 Å². The Hall–Kier alpha value is -4.08. The van der Waals surface area contributed by atoms with E-state index >= 15 is 0 Å². The molecule has 0 saturated carbocycles. The fraction of sp³-hybridized carbons (Fsp3) is 0.182. The molecule has 0 bridgehead atoms. The second-order valence-electron chi connectivity index (χ2n) is 10.4. The van der Waals surface area contributed by atoms with Crippen molar-refractivity contribution in [1.29, 1.82) is 0 Å². The second-order valence-corrected chi connectivity index (χ2v) is 11.6. The standard InChI is InChI=1S/C33H31O5P/c1-21-18-25(33(3,4)5)19-22(2)29(21)32(36)39-28-17-16-26(37-30(34)23-12-8-6-9-13-23)20-27(28)38-31(35)24-14-10-7-11-15-24/h6-20,39H,1-5H3. The van der Waals surface area contributed by atoms with Gasteiger partial charge in [-0.25, -0.2) is 9.59 Å². The average molecular weight is 539 g/mol. The van der Waals surface area contributed by atoms with E-state index in [0.717, 1.165) is 11.1 Å². The van der Waals surface area contributed by atoms with Crippen molar-refractivity contribution >= 4 is 31.3 Å². The molecule has 0 aliphatic heterocycles. The highest BCUT2D eigenvalue weighted by molar-refractivity contribution is 7.66. The van der Waals surface area contributed by atoms with E-state index in [9.17, 15) is 14.4 Å². The van der Waals surface area contributed by atoms with E-state index < -0.39 is 11.9 Å². The maximum atomic E-state index is 13.6. The molecule has 0 fully saturated rings. The Morgan fingerprint density at radius 1 is 0.667 bits per heavy atom. The van der Waals surface area contributed by atoms with Gasteiger partial charge in [-0.3, -0.25) is 4.79 Å². The Labute approximate surface area is 231 Å². The number of hydrogen-bond donors (Lipinski definition) is 0. The Kier molecular flexibility index (Phi) is 8.42. The van der Waals surface area contributed by atoms with Crippen LogP contribution in [0.4, 0.5) is 0 Å². The van der Waals surface area contributed by atoms with Crippen molar-refractivity contribution in [2.75, 3.05) is 0 Å². The van der Waals surface area contributed by atoms with Gasteiger partial charge in [-0.05, 0) is 80.9 Å². The lowest BCUT2D eigenvalue weighted by molar-refractivity contribution is 0.0733. The summed E-state index contributed by atoms with van der Waals surface area (Å²) >= 11 is 0. The molecular weight excluding hydrogens is 507 g/mol. The molecule has 4 aromatic rings. The molecule has 0 saturated heterocycles. The smallest absolute Gasteiger partial charge is 0.343 e. The normalized spacial score (nSPS) is 11.4. The summed E-state index contributed by atoms with van der Waals surface area (Å²) in [4.78, 5) is 39.1. The first-order chi connectivity index (χ1) is 18.5. The largest absolute Gasteiger partial charge is 0.423 e. The molecule has 198 valence electrons. The molecule has 0 N–H and O–H groups in total. The molecule has 1 atom stereocenters. The van der Waals surface area contributed by atoms with Crippen molar-refractivity contribution in [3.63, 3.8) is 0 Å². The van der Waals surface area contributed by atoms with E-state index in [0.29, 0.717) is 22.0 Å². The zero-order valence-electron chi connectivity index (χ0n) is 22.7. The maximum absolute atomic E-state index is 13.6. The van der Waals surface area contributed by atoms with E-state index in [-0.39, 0.29) is 31.0 Å². The number of aryl methyl sites for hydroxylation is 2. The van der Waals surface area contributed by atoms with Crippen LogP contribution in [0, 0.1) is 13.8 Å². The lowest BCUT2D eigenvalue weighted by atomic mass is 9.84. The van der Waals surface area contributed by atoms with Gasteiger partial charge >= 0.3 is 11.9 Å². The summed E-state index contributed by atoms with van der Waals surface area (Å²) < 4.78 is 11.3. The zero-order valence-corrected chi connectivity index (χ0v) is 23.7. The van der Waals surface area contributed by atoms with E-state index in [1.54, 1.807) is 60.7 Å². The first-order valence-electron chi connectivity index (χ1n) is 12.6. The average Bonchev–Trinajstić information content (AvgIpc) is 2.90. The van der Waals surface area contributed by atoms with Crippen LogP contribution in [0.25, 0.3) is 0 Å². The molecule has 0 heterocycles. The molecule has 1 unspecified atom stereocenters. The highest BCUT2D eigenvalue weighted by atomic mass is 31.1. The molecule has 0 aliphatic carbocycles. The van der Waals surface area contributed by atoms with Crippen molar-refractivity contribution in [2.45, 2.75) is 40.0 Å². The number of carbonyl (C=O) groups excluding carboxylic acids is 3. The number of esters is 2. The van der Waals surface area contributed by atoms with Crippen molar-refractivity contribution in [3.05, 3.63) is 124 Å². The molecular formula is C33H31O5P. The first-order valence-corrected chi connectivity index (χ1v) is 13.6. The minimum atomic E-state index is -0.567. The van der Waals surface area contributed by atoms with Crippen LogP contribution in [-0.4, -0.2) is 17.5 Å². The van der Waals surface area contributed by atoms with Gasteiger partial charge in [0.25, 0.3) is 0 Å². The van der Waals surface area contributed by atoms with Crippen LogP contribution in [0.2, 0.25) is 0 Å². The summed E-state index contributed by atoms with van der Waals surface area (Å²) in [5, 5.41) is 0.544. The fourth-order valence-corrected chi connectivity index (χ4v) is 5.34. The number of benzene rings is 4. The van der Waals surface area contributed by atoms with Gasteiger partial charge in [0.05, 0.1) is 11.1 Å². The molecule has 0 spiro atoms. The molecule has 0 radical (unpaired) electrons. The van der Waals surface area contributed by atoms with Crippen LogP contribution in [0.1, 0.15) is 68.5 Å². The third kappa shape index (κ3) is 6.87. The number of carbonyl (C=O) groups is 3. The summed E-state index contributed by atoms with van der Waals surface area (Å²) in [7, 11) is -0.304. The summed E-state index contributed by atoms with van der Waals surface area (Å²) in [5.41, 5.74) is 4.32. The molecule has 5 nitrogen and oxygen atoms in total. The van der Waals surface area contributed by atoms with Gasteiger partial charge < -0.3 is 9.47 Å². The van der Waals surface area contributed by atoms with Gasteiger partial charge in [0.1, 0.15) is 11.5 Å². The minimum absolute atomic E-state index is 0.0365. The molecule has 6 heteroatoms. The first kappa shape index (κ1) is 27.9. The molecule has 0 aromatic heterocycles. The van der Waals surface area contributed by atoms with E-state index in [1.807, 2.05) is 26.0 Å². The van der Waals surface area contributed by atoms with Gasteiger partial charge in [0.15, 0.2) is 5.52 Å². The number of rotatable bonds is 7. The van der Waals surface area contributed by atoms with E-state index in [4.69, 9.17) is 9.47 Å². The Balaban J connectivity index is 1.66. The highest BCUT2D eigenvalue weighted by Crippen LogP contribution is 2.33. The summed E-state index contributed by atoms with van der Waals surface area (Å²) in [6, 6.07) is 26.1. The SMILES string of the molecule is Cc1cc(C(C)(C)C)cc(C)c1C(=O)Pc1ccc(OC(=O)c2ccccc2)cc1OC(=O)c1ccccc1. The van der Waals surface area contributed by atoms with Crippen LogP contribution < -0.4 is 14.8 Å². The van der Waals surface area contributed by atoms with Crippen LogP contribution in [0.5, 0.6) is 11.5 Å². The summed E-state index contributed by atoms with van der Waals surface area (Å²) in [6.07, 6.45) is 0. The fourth-order valence-electron chi connectivity index (χ4n) is 4.17. The summed E-state index contributed by atoms with van der Waals surface area (Å²) in [5.74, 6) is -0.715. The quantitative estimate of drug-likeness (QED) is 0.142. The van der Waals surface area contributed by atoms with Gasteiger partial charge in [-0.15, -0.1) is 0 Å². The van der Waals surface area contributed by atoms with Gasteiger partial charge in [-0.2, -0.15) is 0 Å². The Bertz CT molecular complexity index is 1500. The van der Waals surface area contributed by atoms with Gasteiger partial charge in [0, 0.05) is 16.9 Å². The Morgan fingerprint density at radius 3 is 1.69 bits per heavy atom. The number of ether oxygens (including phenoxy) is 2. The van der Waals surface area contributed by atoms with Crippen molar-refractivity contribution < 1.29 is 23.9 Å². The van der Waals surface area contributed by atoms with Crippen molar-refractivity contribution in [3.8, 4) is 11.5 Å². The van der Waals surface area contributed by atoms with E-state index in [1.165, 1.54) is 11.6 Å². The Morgan fingerprint density at radius 2 is 1.18 bits per heavy atom. The summed E-state index contributed by atoms with van der Waals surface area (Å²) in [6.45, 7) is 10.3. The maximum Gasteiger partial charge on any atom is 0.343 e. The second kappa shape index (κ2) is 11.8. The van der Waals surface area contributed by atoms with Crippen molar-refractivity contribution in [1.82, 2.24) is 0 Å². The van der Waals surface area contributed by atoms with Crippen molar-refractivity contribution in [2.24, 2.45) is 0 Å². The highest BCUT2D eigenvalue weighted by Gasteiger charge is 2.22. The van der Waals surface area contributed by atoms with Gasteiger partial charge in [-0.1, -0.05) is 69.3 Å². The third-order valence-corrected chi connectivity index (χ3v) is 7.42. The lowest BCUT2D eigenvalue weighted by Gasteiger charge is -2.22. The monoisotopic (exact) mass is 538 g/mol. The topological polar surface area (TPSA) is 69.7 Å². The molecule has 4 aromatic carbocycles. The number of hydrogen-bond acceptors (Lipinski definition) is 5. The van der Waals surface area contributed by atoms with E-state index in [2.05, 4.69) is 32.9 Å². The van der Waals surface area contributed by atoms with Crippen LogP contribution in [0.3, 0.4) is 0 Å². The predicted molar refractivity (Wildman–Crippen MR) is 156 cm³/mol. The third-order valence-electron chi connectivity index (χ3n) is 6.26. The lowest BCUT2D eigenvalue weighted by Crippen LogP contribution is -2.16. The molecule has 39 heavy (non-hydrogen) atoms. The molecule has 0 amide bonds. The molecule has 4 rings (SSSR count). The van der Waals surface area contributed by atoms with Crippen LogP contribution in [-0.2, 0) is 5.41 Å². The van der Waals surface area contributed by atoms with Gasteiger partial charge in [0.2, 0.25) is 0 Å². The predicted octanol–water partition coefficient (Wildman–Crippen LogP) is 7.18. The minimum Gasteiger partial charge on any atom is -0.423 e. The molecule has 0 aliphatic rings. The van der Waals surface area contributed by atoms with Crippen LogP contribution in [0.15, 0.2) is 91.0 Å².